The Morgan fingerprint density at radius 3 is 2.38 bits per heavy atom. The number of ether oxygens (including phenoxy) is 1. The highest BCUT2D eigenvalue weighted by molar-refractivity contribution is 5.90. The standard InChI is InChI=1S/C26H25NO2/c1-17(20-11-12-22-16-23(29-3)14-13-21(22)15-20)26(28)27-18(2)24-10-6-8-19-7-4-5-9-25(19)24/h4-18H,1-3H3,(H,27,28)/t17-,18+/m0/s1. The number of carbonyl (C=O) groups excluding carboxylic acids is 1. The van der Waals surface area contributed by atoms with Crippen molar-refractivity contribution in [3.05, 3.63) is 90.0 Å². The Kier molecular flexibility index (Phi) is 5.22. The van der Waals surface area contributed by atoms with Gasteiger partial charge in [0.15, 0.2) is 0 Å². The monoisotopic (exact) mass is 383 g/mol. The molecule has 0 aliphatic heterocycles. The van der Waals surface area contributed by atoms with Crippen LogP contribution in [0.2, 0.25) is 0 Å². The van der Waals surface area contributed by atoms with Gasteiger partial charge in [0.1, 0.15) is 5.75 Å². The van der Waals surface area contributed by atoms with Crippen molar-refractivity contribution in [2.24, 2.45) is 0 Å². The van der Waals surface area contributed by atoms with Crippen LogP contribution in [0.5, 0.6) is 5.75 Å². The van der Waals surface area contributed by atoms with Gasteiger partial charge in [0.25, 0.3) is 0 Å². The Balaban J connectivity index is 1.55. The largest absolute Gasteiger partial charge is 0.497 e. The number of benzene rings is 4. The fourth-order valence-corrected chi connectivity index (χ4v) is 3.83. The van der Waals surface area contributed by atoms with Crippen LogP contribution in [0.1, 0.15) is 36.9 Å². The number of hydrogen-bond acceptors (Lipinski definition) is 2. The van der Waals surface area contributed by atoms with Gasteiger partial charge in [-0.15, -0.1) is 0 Å². The third-order valence-corrected chi connectivity index (χ3v) is 5.61. The molecule has 146 valence electrons. The molecular weight excluding hydrogens is 358 g/mol. The van der Waals surface area contributed by atoms with Crippen LogP contribution in [-0.4, -0.2) is 13.0 Å². The number of methoxy groups -OCH3 is 1. The lowest BCUT2D eigenvalue weighted by molar-refractivity contribution is -0.122. The molecule has 0 unspecified atom stereocenters. The molecule has 0 saturated heterocycles. The number of fused-ring (bicyclic) bond motifs is 2. The summed E-state index contributed by atoms with van der Waals surface area (Å²) in [6.07, 6.45) is 0. The molecule has 0 heterocycles. The van der Waals surface area contributed by atoms with Gasteiger partial charge < -0.3 is 10.1 Å². The van der Waals surface area contributed by atoms with Crippen LogP contribution in [0.15, 0.2) is 78.9 Å². The molecule has 0 spiro atoms. The van der Waals surface area contributed by atoms with E-state index < -0.39 is 0 Å². The first-order chi connectivity index (χ1) is 14.1. The molecule has 4 rings (SSSR count). The van der Waals surface area contributed by atoms with Gasteiger partial charge in [-0.3, -0.25) is 4.79 Å². The quantitative estimate of drug-likeness (QED) is 0.460. The molecule has 4 aromatic carbocycles. The van der Waals surface area contributed by atoms with Crippen molar-refractivity contribution >= 4 is 27.5 Å². The second-order valence-electron chi connectivity index (χ2n) is 7.49. The number of rotatable bonds is 5. The van der Waals surface area contributed by atoms with Crippen LogP contribution in [0, 0.1) is 0 Å². The van der Waals surface area contributed by atoms with Crippen molar-refractivity contribution in [2.75, 3.05) is 7.11 Å². The lowest BCUT2D eigenvalue weighted by atomic mass is 9.95. The molecule has 2 atom stereocenters. The first-order valence-electron chi connectivity index (χ1n) is 9.92. The van der Waals surface area contributed by atoms with E-state index in [2.05, 4.69) is 35.6 Å². The van der Waals surface area contributed by atoms with Crippen molar-refractivity contribution in [1.82, 2.24) is 5.32 Å². The topological polar surface area (TPSA) is 38.3 Å². The summed E-state index contributed by atoms with van der Waals surface area (Å²) in [6, 6.07) is 26.6. The van der Waals surface area contributed by atoms with Gasteiger partial charge in [-0.1, -0.05) is 66.7 Å². The molecule has 0 aromatic heterocycles. The summed E-state index contributed by atoms with van der Waals surface area (Å²) in [5, 5.41) is 7.76. The predicted octanol–water partition coefficient (Wildman–Crippen LogP) is 5.98. The number of carbonyl (C=O) groups is 1. The molecule has 0 saturated carbocycles. The summed E-state index contributed by atoms with van der Waals surface area (Å²) in [4.78, 5) is 13.0. The van der Waals surface area contributed by atoms with Crippen LogP contribution in [-0.2, 0) is 4.79 Å². The maximum absolute atomic E-state index is 13.0. The van der Waals surface area contributed by atoms with Crippen LogP contribution in [0.3, 0.4) is 0 Å². The average molecular weight is 383 g/mol. The van der Waals surface area contributed by atoms with E-state index in [1.807, 2.05) is 62.4 Å². The van der Waals surface area contributed by atoms with Crippen molar-refractivity contribution in [1.29, 1.82) is 0 Å². The number of amides is 1. The molecule has 3 nitrogen and oxygen atoms in total. The van der Waals surface area contributed by atoms with E-state index in [1.165, 1.54) is 10.8 Å². The molecule has 1 N–H and O–H groups in total. The Labute approximate surface area is 171 Å². The van der Waals surface area contributed by atoms with Gasteiger partial charge >= 0.3 is 0 Å². The number of hydrogen-bond donors (Lipinski definition) is 1. The molecule has 0 aliphatic rings. The minimum absolute atomic E-state index is 0.0262. The molecule has 0 aliphatic carbocycles. The van der Waals surface area contributed by atoms with Crippen LogP contribution < -0.4 is 10.1 Å². The lowest BCUT2D eigenvalue weighted by Crippen LogP contribution is -2.30. The van der Waals surface area contributed by atoms with E-state index in [1.54, 1.807) is 7.11 Å². The maximum Gasteiger partial charge on any atom is 0.227 e. The zero-order chi connectivity index (χ0) is 20.4. The highest BCUT2D eigenvalue weighted by atomic mass is 16.5. The van der Waals surface area contributed by atoms with Gasteiger partial charge in [-0.25, -0.2) is 0 Å². The Morgan fingerprint density at radius 1 is 0.828 bits per heavy atom. The van der Waals surface area contributed by atoms with Crippen molar-refractivity contribution in [2.45, 2.75) is 25.8 Å². The first-order valence-corrected chi connectivity index (χ1v) is 9.92. The Morgan fingerprint density at radius 2 is 1.55 bits per heavy atom. The Bertz CT molecular complexity index is 1180. The molecule has 0 bridgehead atoms. The zero-order valence-electron chi connectivity index (χ0n) is 17.0. The molecule has 3 heteroatoms. The van der Waals surface area contributed by atoms with Crippen molar-refractivity contribution in [3.8, 4) is 5.75 Å². The molecule has 4 aromatic rings. The summed E-state index contributed by atoms with van der Waals surface area (Å²) >= 11 is 0. The van der Waals surface area contributed by atoms with E-state index in [4.69, 9.17) is 4.74 Å². The molecule has 0 fully saturated rings. The minimum atomic E-state index is -0.237. The van der Waals surface area contributed by atoms with E-state index >= 15 is 0 Å². The average Bonchev–Trinajstić information content (AvgIpc) is 2.77. The number of nitrogens with one attached hydrogen (secondary N) is 1. The fourth-order valence-electron chi connectivity index (χ4n) is 3.83. The molecule has 1 amide bonds. The maximum atomic E-state index is 13.0. The second-order valence-corrected chi connectivity index (χ2v) is 7.49. The van der Waals surface area contributed by atoms with E-state index in [0.29, 0.717) is 0 Å². The summed E-state index contributed by atoms with van der Waals surface area (Å²) in [5.74, 6) is 0.622. The predicted molar refractivity (Wildman–Crippen MR) is 119 cm³/mol. The van der Waals surface area contributed by atoms with Gasteiger partial charge in [0, 0.05) is 0 Å². The van der Waals surface area contributed by atoms with Gasteiger partial charge in [0.05, 0.1) is 19.1 Å². The van der Waals surface area contributed by atoms with E-state index in [0.717, 1.165) is 27.6 Å². The third-order valence-electron chi connectivity index (χ3n) is 5.61. The van der Waals surface area contributed by atoms with E-state index in [9.17, 15) is 4.79 Å². The van der Waals surface area contributed by atoms with Crippen molar-refractivity contribution < 1.29 is 9.53 Å². The summed E-state index contributed by atoms with van der Waals surface area (Å²) < 4.78 is 5.29. The van der Waals surface area contributed by atoms with Crippen LogP contribution in [0.4, 0.5) is 0 Å². The normalized spacial score (nSPS) is 13.2. The second kappa shape index (κ2) is 7.96. The lowest BCUT2D eigenvalue weighted by Gasteiger charge is -2.20. The van der Waals surface area contributed by atoms with E-state index in [-0.39, 0.29) is 17.9 Å². The van der Waals surface area contributed by atoms with Gasteiger partial charge in [0.2, 0.25) is 5.91 Å². The van der Waals surface area contributed by atoms with Crippen LogP contribution >= 0.6 is 0 Å². The summed E-state index contributed by atoms with van der Waals surface area (Å²) in [7, 11) is 1.67. The van der Waals surface area contributed by atoms with Gasteiger partial charge in [-0.2, -0.15) is 0 Å². The summed E-state index contributed by atoms with van der Waals surface area (Å²) in [5.41, 5.74) is 2.14. The molecular formula is C26H25NO2. The summed E-state index contributed by atoms with van der Waals surface area (Å²) in [6.45, 7) is 3.99. The minimum Gasteiger partial charge on any atom is -0.497 e. The van der Waals surface area contributed by atoms with Crippen molar-refractivity contribution in [3.63, 3.8) is 0 Å². The SMILES string of the molecule is COc1ccc2cc([C@H](C)C(=O)N[C@H](C)c3cccc4ccccc34)ccc2c1. The fraction of sp³-hybridized carbons (Fsp3) is 0.192. The molecule has 29 heavy (non-hydrogen) atoms. The van der Waals surface area contributed by atoms with Crippen LogP contribution in [0.25, 0.3) is 21.5 Å². The zero-order valence-corrected chi connectivity index (χ0v) is 17.0. The van der Waals surface area contributed by atoms with Gasteiger partial charge in [-0.05, 0) is 58.7 Å². The first kappa shape index (κ1) is 19.0. The third kappa shape index (κ3) is 3.81. The highest BCUT2D eigenvalue weighted by Crippen LogP contribution is 2.27. The smallest absolute Gasteiger partial charge is 0.227 e. The molecule has 0 radical (unpaired) electrons. The highest BCUT2D eigenvalue weighted by Gasteiger charge is 2.19. The Hall–Kier alpha value is -3.33.